The summed E-state index contributed by atoms with van der Waals surface area (Å²) in [7, 11) is -4.18. The van der Waals surface area contributed by atoms with Gasteiger partial charge in [0.1, 0.15) is 0 Å². The fraction of sp³-hybridized carbons (Fsp3) is 0.364. The van der Waals surface area contributed by atoms with Crippen molar-refractivity contribution < 1.29 is 26.7 Å². The largest absolute Gasteiger partial charge is 0.415 e. The first-order valence-corrected chi connectivity index (χ1v) is 6.81. The molecule has 0 aliphatic rings. The molecule has 1 aromatic carbocycles. The lowest BCUT2D eigenvalue weighted by Crippen LogP contribution is -2.40. The van der Waals surface area contributed by atoms with Crippen molar-refractivity contribution in [2.24, 2.45) is 0 Å². The molecule has 110 valence electrons. The Morgan fingerprint density at radius 3 is 2.50 bits per heavy atom. The van der Waals surface area contributed by atoms with E-state index in [4.69, 9.17) is 10.4 Å². The number of nitrogens with one attached hydrogen (secondary N) is 1. The Morgan fingerprint density at radius 1 is 1.45 bits per heavy atom. The minimum atomic E-state index is -4.90. The Morgan fingerprint density at radius 2 is 2.05 bits per heavy atom. The molecule has 0 aliphatic carbocycles. The van der Waals surface area contributed by atoms with E-state index < -0.39 is 28.8 Å². The van der Waals surface area contributed by atoms with Crippen molar-refractivity contribution in [1.82, 2.24) is 4.72 Å². The Hall–Kier alpha value is -1.63. The van der Waals surface area contributed by atoms with Crippen LogP contribution < -0.4 is 4.72 Å². The molecule has 0 radical (unpaired) electrons. The summed E-state index contributed by atoms with van der Waals surface area (Å²) in [6.07, 6.45) is -7.68. The molecular weight excluding hydrogens is 297 g/mol. The summed E-state index contributed by atoms with van der Waals surface area (Å²) in [5.74, 6) is 0. The maximum absolute atomic E-state index is 12.1. The summed E-state index contributed by atoms with van der Waals surface area (Å²) in [5.41, 5.74) is 0.644. The van der Waals surface area contributed by atoms with E-state index in [0.29, 0.717) is 5.56 Å². The van der Waals surface area contributed by atoms with Gasteiger partial charge in [0.15, 0.2) is 6.10 Å². The normalized spacial score (nSPS) is 13.8. The van der Waals surface area contributed by atoms with Crippen LogP contribution in [0.2, 0.25) is 0 Å². The number of nitriles is 1. The average molecular weight is 308 g/mol. The highest BCUT2D eigenvalue weighted by Gasteiger charge is 2.38. The van der Waals surface area contributed by atoms with E-state index in [9.17, 15) is 21.6 Å². The molecule has 5 nitrogen and oxygen atoms in total. The first kappa shape index (κ1) is 16.4. The highest BCUT2D eigenvalue weighted by Crippen LogP contribution is 2.20. The summed E-state index contributed by atoms with van der Waals surface area (Å²) in [6, 6.07) is 5.37. The average Bonchev–Trinajstić information content (AvgIpc) is 2.34. The lowest BCUT2D eigenvalue weighted by atomic mass is 10.1. The van der Waals surface area contributed by atoms with E-state index in [1.807, 2.05) is 6.07 Å². The SMILES string of the molecule is Cc1cc(S(=O)(=O)NCC(O)C(F)(F)F)ccc1C#N. The van der Waals surface area contributed by atoms with Crippen LogP contribution in [0, 0.1) is 18.3 Å². The smallest absolute Gasteiger partial charge is 0.382 e. The molecule has 0 fully saturated rings. The number of hydrogen-bond acceptors (Lipinski definition) is 4. The number of rotatable bonds is 4. The third kappa shape index (κ3) is 3.93. The molecule has 0 aliphatic heterocycles. The summed E-state index contributed by atoms with van der Waals surface area (Å²) < 4.78 is 61.4. The molecule has 1 aromatic rings. The molecule has 20 heavy (non-hydrogen) atoms. The van der Waals surface area contributed by atoms with E-state index >= 15 is 0 Å². The van der Waals surface area contributed by atoms with Crippen molar-refractivity contribution in [3.05, 3.63) is 29.3 Å². The fourth-order valence-electron chi connectivity index (χ4n) is 1.32. The summed E-state index contributed by atoms with van der Waals surface area (Å²) in [5, 5.41) is 17.4. The Balaban J connectivity index is 2.90. The van der Waals surface area contributed by atoms with Crippen LogP contribution in [0.15, 0.2) is 23.1 Å². The van der Waals surface area contributed by atoms with Gasteiger partial charge < -0.3 is 5.11 Å². The molecule has 2 N–H and O–H groups in total. The number of aliphatic hydroxyl groups excluding tert-OH is 1. The zero-order valence-corrected chi connectivity index (χ0v) is 11.1. The quantitative estimate of drug-likeness (QED) is 0.870. The van der Waals surface area contributed by atoms with Gasteiger partial charge >= 0.3 is 6.18 Å². The number of aryl methyl sites for hydroxylation is 1. The van der Waals surface area contributed by atoms with Crippen LogP contribution in [0.4, 0.5) is 13.2 Å². The number of aliphatic hydroxyl groups is 1. The Kier molecular flexibility index (Phi) is 4.75. The third-order valence-corrected chi connectivity index (χ3v) is 3.89. The monoisotopic (exact) mass is 308 g/mol. The van der Waals surface area contributed by atoms with E-state index in [0.717, 1.165) is 6.07 Å². The number of sulfonamides is 1. The number of benzene rings is 1. The van der Waals surface area contributed by atoms with Crippen LogP contribution in [-0.2, 0) is 10.0 Å². The van der Waals surface area contributed by atoms with E-state index in [-0.39, 0.29) is 10.5 Å². The first-order chi connectivity index (χ1) is 9.08. The van der Waals surface area contributed by atoms with Gasteiger partial charge in [0.05, 0.1) is 16.5 Å². The summed E-state index contributed by atoms with van der Waals surface area (Å²) >= 11 is 0. The van der Waals surface area contributed by atoms with Crippen molar-refractivity contribution in [2.75, 3.05) is 6.54 Å². The molecule has 0 bridgehead atoms. The van der Waals surface area contributed by atoms with Gasteiger partial charge in [0.25, 0.3) is 0 Å². The van der Waals surface area contributed by atoms with Crippen LogP contribution in [0.5, 0.6) is 0 Å². The van der Waals surface area contributed by atoms with Gasteiger partial charge in [-0.2, -0.15) is 18.4 Å². The second-order valence-corrected chi connectivity index (χ2v) is 5.76. The Bertz CT molecular complexity index is 635. The zero-order valence-electron chi connectivity index (χ0n) is 10.3. The Labute approximate surface area is 113 Å². The van der Waals surface area contributed by atoms with Crippen molar-refractivity contribution in [3.8, 4) is 6.07 Å². The van der Waals surface area contributed by atoms with Crippen LogP contribution in [-0.4, -0.2) is 32.3 Å². The highest BCUT2D eigenvalue weighted by atomic mass is 32.2. The maximum atomic E-state index is 12.1. The lowest BCUT2D eigenvalue weighted by molar-refractivity contribution is -0.200. The van der Waals surface area contributed by atoms with Crippen molar-refractivity contribution in [2.45, 2.75) is 24.1 Å². The molecule has 9 heteroatoms. The van der Waals surface area contributed by atoms with E-state index in [2.05, 4.69) is 0 Å². The molecule has 0 heterocycles. The molecular formula is C11H11F3N2O3S. The molecule has 0 saturated heterocycles. The summed E-state index contributed by atoms with van der Waals surface area (Å²) in [6.45, 7) is 0.326. The highest BCUT2D eigenvalue weighted by molar-refractivity contribution is 7.89. The topological polar surface area (TPSA) is 90.2 Å². The first-order valence-electron chi connectivity index (χ1n) is 5.33. The van der Waals surface area contributed by atoms with Gasteiger partial charge in [-0.1, -0.05) is 0 Å². The van der Waals surface area contributed by atoms with Crippen LogP contribution in [0.25, 0.3) is 0 Å². The lowest BCUT2D eigenvalue weighted by Gasteiger charge is -2.15. The zero-order chi connectivity index (χ0) is 15.6. The molecule has 1 rings (SSSR count). The maximum Gasteiger partial charge on any atom is 0.415 e. The van der Waals surface area contributed by atoms with Gasteiger partial charge in [-0.15, -0.1) is 0 Å². The van der Waals surface area contributed by atoms with Crippen molar-refractivity contribution in [1.29, 1.82) is 5.26 Å². The number of hydrogen-bond donors (Lipinski definition) is 2. The second-order valence-electron chi connectivity index (χ2n) is 4.00. The predicted molar refractivity (Wildman–Crippen MR) is 63.1 cm³/mol. The van der Waals surface area contributed by atoms with Gasteiger partial charge in [0, 0.05) is 6.54 Å². The molecule has 1 atom stereocenters. The van der Waals surface area contributed by atoms with Gasteiger partial charge in [-0.25, -0.2) is 13.1 Å². The molecule has 0 amide bonds. The van der Waals surface area contributed by atoms with Crippen molar-refractivity contribution in [3.63, 3.8) is 0 Å². The summed E-state index contributed by atoms with van der Waals surface area (Å²) in [4.78, 5) is -0.275. The van der Waals surface area contributed by atoms with Crippen LogP contribution in [0.1, 0.15) is 11.1 Å². The van der Waals surface area contributed by atoms with Crippen LogP contribution >= 0.6 is 0 Å². The second kappa shape index (κ2) is 5.78. The van der Waals surface area contributed by atoms with Crippen LogP contribution in [0.3, 0.4) is 0 Å². The standard InChI is InChI=1S/C11H11F3N2O3S/c1-7-4-9(3-2-8(7)5-15)20(18,19)16-6-10(17)11(12,13)14/h2-4,10,16-17H,6H2,1H3. The van der Waals surface area contributed by atoms with Crippen molar-refractivity contribution >= 4 is 10.0 Å². The molecule has 0 saturated carbocycles. The molecule has 1 unspecified atom stereocenters. The molecule has 0 spiro atoms. The third-order valence-electron chi connectivity index (χ3n) is 2.47. The fourth-order valence-corrected chi connectivity index (χ4v) is 2.44. The van der Waals surface area contributed by atoms with Gasteiger partial charge in [-0.3, -0.25) is 0 Å². The van der Waals surface area contributed by atoms with Gasteiger partial charge in [0.2, 0.25) is 10.0 Å². The minimum Gasteiger partial charge on any atom is -0.382 e. The predicted octanol–water partition coefficient (Wildman–Crippen LogP) is 1.07. The van der Waals surface area contributed by atoms with Gasteiger partial charge in [-0.05, 0) is 30.7 Å². The number of halogens is 3. The van der Waals surface area contributed by atoms with E-state index in [1.54, 1.807) is 4.72 Å². The molecule has 0 aromatic heterocycles. The number of nitrogens with zero attached hydrogens (tertiary/aromatic N) is 1. The van der Waals surface area contributed by atoms with E-state index in [1.165, 1.54) is 19.1 Å². The minimum absolute atomic E-state index is 0.263. The number of alkyl halides is 3.